The predicted octanol–water partition coefficient (Wildman–Crippen LogP) is 2.87. The summed E-state index contributed by atoms with van der Waals surface area (Å²) in [5.74, 6) is 0.0631. The molecule has 1 rings (SSSR count). The van der Waals surface area contributed by atoms with Crippen molar-refractivity contribution in [1.82, 2.24) is 10.3 Å². The highest BCUT2D eigenvalue weighted by Crippen LogP contribution is 2.21. The molecule has 0 bridgehead atoms. The van der Waals surface area contributed by atoms with Crippen molar-refractivity contribution >= 4 is 5.91 Å². The molecule has 1 heterocycles. The van der Waals surface area contributed by atoms with Crippen LogP contribution in [0.1, 0.15) is 46.7 Å². The fourth-order valence-corrected chi connectivity index (χ4v) is 1.67. The zero-order valence-corrected chi connectivity index (χ0v) is 11.4. The van der Waals surface area contributed by atoms with Gasteiger partial charge in [-0.25, -0.2) is 0 Å². The highest BCUT2D eigenvalue weighted by molar-refractivity contribution is 5.77. The third-order valence-corrected chi connectivity index (χ3v) is 2.45. The molecule has 1 aromatic rings. The van der Waals surface area contributed by atoms with Gasteiger partial charge < -0.3 is 5.32 Å². The molecule has 0 radical (unpaired) electrons. The fourth-order valence-electron chi connectivity index (χ4n) is 1.67. The maximum Gasteiger partial charge on any atom is 0.221 e. The highest BCUT2D eigenvalue weighted by atomic mass is 16.1. The van der Waals surface area contributed by atoms with Crippen LogP contribution in [0.5, 0.6) is 0 Å². The van der Waals surface area contributed by atoms with Crippen molar-refractivity contribution in [3.8, 4) is 0 Å². The number of pyridine rings is 1. The summed E-state index contributed by atoms with van der Waals surface area (Å²) >= 11 is 0. The number of nitrogens with one attached hydrogen (secondary N) is 1. The Morgan fingerprint density at radius 3 is 2.35 bits per heavy atom. The minimum atomic E-state index is -0.427. The van der Waals surface area contributed by atoms with E-state index in [0.29, 0.717) is 6.42 Å². The second-order valence-corrected chi connectivity index (χ2v) is 6.13. The number of carbonyl (C=O) groups excluding carboxylic acids is 1. The third kappa shape index (κ3) is 4.55. The lowest BCUT2D eigenvalue weighted by molar-refractivity contribution is -0.124. The molecule has 0 aliphatic carbocycles. The zero-order chi connectivity index (χ0) is 13.1. The first-order chi connectivity index (χ1) is 7.71. The molecule has 0 aliphatic heterocycles. The smallest absolute Gasteiger partial charge is 0.221 e. The van der Waals surface area contributed by atoms with Crippen LogP contribution in [-0.4, -0.2) is 10.9 Å². The Balaban J connectivity index is 2.71. The van der Waals surface area contributed by atoms with Gasteiger partial charge in [-0.1, -0.05) is 26.8 Å². The minimum absolute atomic E-state index is 0.00425. The van der Waals surface area contributed by atoms with E-state index in [1.807, 2.05) is 32.0 Å². The van der Waals surface area contributed by atoms with E-state index < -0.39 is 5.54 Å². The molecule has 0 atom stereocenters. The van der Waals surface area contributed by atoms with Crippen molar-refractivity contribution in [1.29, 1.82) is 0 Å². The molecular weight excluding hydrogens is 212 g/mol. The van der Waals surface area contributed by atoms with Crippen LogP contribution >= 0.6 is 0 Å². The van der Waals surface area contributed by atoms with E-state index >= 15 is 0 Å². The van der Waals surface area contributed by atoms with Gasteiger partial charge in [-0.15, -0.1) is 0 Å². The van der Waals surface area contributed by atoms with Gasteiger partial charge in [0.05, 0.1) is 11.2 Å². The Bertz CT molecular complexity index is 377. The molecule has 1 amide bonds. The van der Waals surface area contributed by atoms with Gasteiger partial charge in [-0.3, -0.25) is 9.78 Å². The molecule has 0 fully saturated rings. The molecule has 94 valence electrons. The van der Waals surface area contributed by atoms with Crippen LogP contribution in [0, 0.1) is 5.41 Å². The number of carbonyl (C=O) groups is 1. The molecule has 17 heavy (non-hydrogen) atoms. The van der Waals surface area contributed by atoms with Gasteiger partial charge in [0.1, 0.15) is 0 Å². The molecule has 1 aromatic heterocycles. The normalized spacial score (nSPS) is 12.3. The first-order valence-electron chi connectivity index (χ1n) is 5.93. The lowest BCUT2D eigenvalue weighted by atomic mass is 9.91. The van der Waals surface area contributed by atoms with E-state index in [-0.39, 0.29) is 11.3 Å². The summed E-state index contributed by atoms with van der Waals surface area (Å²) in [6.07, 6.45) is 2.26. The summed E-state index contributed by atoms with van der Waals surface area (Å²) in [7, 11) is 0. The molecule has 0 spiro atoms. The van der Waals surface area contributed by atoms with Crippen LogP contribution in [0.15, 0.2) is 24.4 Å². The van der Waals surface area contributed by atoms with Crippen molar-refractivity contribution in [2.24, 2.45) is 5.41 Å². The molecule has 0 saturated heterocycles. The number of hydrogen-bond donors (Lipinski definition) is 1. The van der Waals surface area contributed by atoms with E-state index in [1.165, 1.54) is 0 Å². The van der Waals surface area contributed by atoms with Crippen LogP contribution in [-0.2, 0) is 10.3 Å². The van der Waals surface area contributed by atoms with Gasteiger partial charge in [-0.2, -0.15) is 0 Å². The minimum Gasteiger partial charge on any atom is -0.346 e. The van der Waals surface area contributed by atoms with Crippen molar-refractivity contribution in [2.45, 2.75) is 46.6 Å². The maximum absolute atomic E-state index is 11.9. The molecule has 3 nitrogen and oxygen atoms in total. The molecule has 0 unspecified atom stereocenters. The van der Waals surface area contributed by atoms with Crippen LogP contribution in [0.3, 0.4) is 0 Å². The van der Waals surface area contributed by atoms with Gasteiger partial charge in [0.2, 0.25) is 5.91 Å². The van der Waals surface area contributed by atoms with Crippen LogP contribution < -0.4 is 5.32 Å². The molecule has 0 aromatic carbocycles. The van der Waals surface area contributed by atoms with Gasteiger partial charge in [0, 0.05) is 12.6 Å². The van der Waals surface area contributed by atoms with Crippen LogP contribution in [0.2, 0.25) is 0 Å². The fraction of sp³-hybridized carbons (Fsp3) is 0.571. The number of nitrogens with zero attached hydrogens (tertiary/aromatic N) is 1. The number of amides is 1. The molecule has 1 N–H and O–H groups in total. The Hall–Kier alpha value is -1.38. The molecule has 3 heteroatoms. The zero-order valence-electron chi connectivity index (χ0n) is 11.4. The Labute approximate surface area is 104 Å². The summed E-state index contributed by atoms with van der Waals surface area (Å²) in [5, 5.41) is 3.03. The average Bonchev–Trinajstić information content (AvgIpc) is 2.15. The number of hydrogen-bond acceptors (Lipinski definition) is 2. The molecule has 0 aliphatic rings. The SMILES string of the molecule is CC(C)(C)CC(=O)NC(C)(C)c1ccccn1. The van der Waals surface area contributed by atoms with E-state index in [4.69, 9.17) is 0 Å². The number of rotatable bonds is 3. The summed E-state index contributed by atoms with van der Waals surface area (Å²) in [6, 6.07) is 5.73. The standard InChI is InChI=1S/C14H22N2O/c1-13(2,3)10-12(17)16-14(4,5)11-8-6-7-9-15-11/h6-9H,10H2,1-5H3,(H,16,17). The molecule has 0 saturated carbocycles. The summed E-state index contributed by atoms with van der Waals surface area (Å²) in [6.45, 7) is 10.1. The van der Waals surface area contributed by atoms with Crippen molar-refractivity contribution in [3.05, 3.63) is 30.1 Å². The van der Waals surface area contributed by atoms with Crippen molar-refractivity contribution < 1.29 is 4.79 Å². The highest BCUT2D eigenvalue weighted by Gasteiger charge is 2.26. The second kappa shape index (κ2) is 4.86. The maximum atomic E-state index is 11.9. The second-order valence-electron chi connectivity index (χ2n) is 6.13. The Kier molecular flexibility index (Phi) is 3.91. The predicted molar refractivity (Wildman–Crippen MR) is 69.5 cm³/mol. The average molecular weight is 234 g/mol. The lowest BCUT2D eigenvalue weighted by Crippen LogP contribution is -2.42. The number of aromatic nitrogens is 1. The summed E-state index contributed by atoms with van der Waals surface area (Å²) < 4.78 is 0. The van der Waals surface area contributed by atoms with Gasteiger partial charge >= 0.3 is 0 Å². The summed E-state index contributed by atoms with van der Waals surface area (Å²) in [5.41, 5.74) is 0.454. The molecular formula is C14H22N2O. The van der Waals surface area contributed by atoms with E-state index in [9.17, 15) is 4.79 Å². The topological polar surface area (TPSA) is 42.0 Å². The third-order valence-electron chi connectivity index (χ3n) is 2.45. The first kappa shape index (κ1) is 13.7. The Morgan fingerprint density at radius 2 is 1.88 bits per heavy atom. The van der Waals surface area contributed by atoms with Crippen molar-refractivity contribution in [2.75, 3.05) is 0 Å². The monoisotopic (exact) mass is 234 g/mol. The largest absolute Gasteiger partial charge is 0.346 e. The van der Waals surface area contributed by atoms with Crippen LogP contribution in [0.4, 0.5) is 0 Å². The van der Waals surface area contributed by atoms with E-state index in [0.717, 1.165) is 5.69 Å². The van der Waals surface area contributed by atoms with E-state index in [1.54, 1.807) is 6.20 Å². The lowest BCUT2D eigenvalue weighted by Gasteiger charge is -2.27. The van der Waals surface area contributed by atoms with Gasteiger partial charge in [0.15, 0.2) is 0 Å². The van der Waals surface area contributed by atoms with Crippen molar-refractivity contribution in [3.63, 3.8) is 0 Å². The summed E-state index contributed by atoms with van der Waals surface area (Å²) in [4.78, 5) is 16.2. The Morgan fingerprint density at radius 1 is 1.24 bits per heavy atom. The first-order valence-corrected chi connectivity index (χ1v) is 5.93. The van der Waals surface area contributed by atoms with Crippen LogP contribution in [0.25, 0.3) is 0 Å². The van der Waals surface area contributed by atoms with Gasteiger partial charge in [0.25, 0.3) is 0 Å². The van der Waals surface area contributed by atoms with Gasteiger partial charge in [-0.05, 0) is 31.4 Å². The van der Waals surface area contributed by atoms with E-state index in [2.05, 4.69) is 31.1 Å². The quantitative estimate of drug-likeness (QED) is 0.873.